The van der Waals surface area contributed by atoms with Crippen molar-refractivity contribution < 1.29 is 0 Å². The lowest BCUT2D eigenvalue weighted by Crippen LogP contribution is -2.40. The second kappa shape index (κ2) is 6.02. The second-order valence-electron chi connectivity index (χ2n) is 5.74. The van der Waals surface area contributed by atoms with Crippen LogP contribution < -0.4 is 5.73 Å². The number of likely N-dealkylation sites (tertiary alicyclic amines) is 1. The van der Waals surface area contributed by atoms with Crippen LogP contribution in [0.15, 0.2) is 0 Å². The summed E-state index contributed by atoms with van der Waals surface area (Å²) in [6, 6.07) is 0.820. The minimum absolute atomic E-state index is 0.790. The third-order valence-electron chi connectivity index (χ3n) is 4.85. The Morgan fingerprint density at radius 3 is 2.69 bits per heavy atom. The summed E-state index contributed by atoms with van der Waals surface area (Å²) < 4.78 is 0. The monoisotopic (exact) mass is 224 g/mol. The van der Waals surface area contributed by atoms with E-state index in [0.717, 1.165) is 24.4 Å². The minimum Gasteiger partial charge on any atom is -0.330 e. The number of rotatable bonds is 3. The Labute approximate surface area is 101 Å². The molecular weight excluding hydrogens is 196 g/mol. The van der Waals surface area contributed by atoms with E-state index in [2.05, 4.69) is 11.8 Å². The summed E-state index contributed by atoms with van der Waals surface area (Å²) in [5.74, 6) is 1.78. The third kappa shape index (κ3) is 2.78. The van der Waals surface area contributed by atoms with Gasteiger partial charge in [0.1, 0.15) is 0 Å². The zero-order valence-corrected chi connectivity index (χ0v) is 10.8. The van der Waals surface area contributed by atoms with E-state index in [4.69, 9.17) is 5.73 Å². The molecule has 1 aliphatic heterocycles. The first kappa shape index (κ1) is 12.4. The minimum atomic E-state index is 0.790. The Balaban J connectivity index is 1.89. The number of hydrogen-bond donors (Lipinski definition) is 1. The highest BCUT2D eigenvalue weighted by molar-refractivity contribution is 4.87. The third-order valence-corrected chi connectivity index (χ3v) is 4.85. The van der Waals surface area contributed by atoms with Gasteiger partial charge in [-0.25, -0.2) is 0 Å². The summed E-state index contributed by atoms with van der Waals surface area (Å²) in [6.07, 6.45) is 9.83. The SMILES string of the molecule is CCC1CCCN(C2CCCC2CN)CC1. The summed E-state index contributed by atoms with van der Waals surface area (Å²) in [5, 5.41) is 0. The van der Waals surface area contributed by atoms with Crippen LogP contribution in [0.4, 0.5) is 0 Å². The van der Waals surface area contributed by atoms with Crippen molar-refractivity contribution in [3.63, 3.8) is 0 Å². The van der Waals surface area contributed by atoms with Crippen LogP contribution >= 0.6 is 0 Å². The van der Waals surface area contributed by atoms with E-state index in [1.807, 2.05) is 0 Å². The van der Waals surface area contributed by atoms with Gasteiger partial charge in [-0.3, -0.25) is 0 Å². The molecule has 3 atom stereocenters. The maximum absolute atomic E-state index is 5.90. The van der Waals surface area contributed by atoms with Crippen LogP contribution in [0.3, 0.4) is 0 Å². The fourth-order valence-corrected chi connectivity index (χ4v) is 3.70. The van der Waals surface area contributed by atoms with Gasteiger partial charge in [-0.1, -0.05) is 19.8 Å². The highest BCUT2D eigenvalue weighted by atomic mass is 15.2. The van der Waals surface area contributed by atoms with Crippen LogP contribution in [0.1, 0.15) is 51.9 Å². The van der Waals surface area contributed by atoms with Crippen molar-refractivity contribution in [1.29, 1.82) is 0 Å². The second-order valence-corrected chi connectivity index (χ2v) is 5.74. The van der Waals surface area contributed by atoms with E-state index in [9.17, 15) is 0 Å². The Morgan fingerprint density at radius 2 is 1.94 bits per heavy atom. The van der Waals surface area contributed by atoms with Crippen molar-refractivity contribution in [2.75, 3.05) is 19.6 Å². The van der Waals surface area contributed by atoms with Gasteiger partial charge in [-0.05, 0) is 63.6 Å². The molecule has 0 radical (unpaired) electrons. The number of nitrogens with zero attached hydrogens (tertiary/aromatic N) is 1. The first-order valence-corrected chi connectivity index (χ1v) is 7.29. The number of nitrogens with two attached hydrogens (primary N) is 1. The molecule has 2 nitrogen and oxygen atoms in total. The first-order valence-electron chi connectivity index (χ1n) is 7.29. The van der Waals surface area contributed by atoms with Crippen molar-refractivity contribution in [2.24, 2.45) is 17.6 Å². The van der Waals surface area contributed by atoms with E-state index in [1.54, 1.807) is 0 Å². The maximum atomic E-state index is 5.90. The summed E-state index contributed by atoms with van der Waals surface area (Å²) in [6.45, 7) is 5.91. The molecule has 2 heteroatoms. The van der Waals surface area contributed by atoms with Crippen LogP contribution in [0, 0.1) is 11.8 Å². The first-order chi connectivity index (χ1) is 7.85. The Hall–Kier alpha value is -0.0800. The van der Waals surface area contributed by atoms with Crippen LogP contribution in [0.25, 0.3) is 0 Å². The van der Waals surface area contributed by atoms with Crippen LogP contribution in [-0.4, -0.2) is 30.6 Å². The summed E-state index contributed by atoms with van der Waals surface area (Å²) in [5.41, 5.74) is 5.90. The molecule has 1 saturated carbocycles. The van der Waals surface area contributed by atoms with Crippen molar-refractivity contribution in [2.45, 2.75) is 57.9 Å². The molecule has 2 fully saturated rings. The molecule has 2 aliphatic rings. The van der Waals surface area contributed by atoms with Gasteiger partial charge in [0.05, 0.1) is 0 Å². The molecular formula is C14H28N2. The average Bonchev–Trinajstić information content (AvgIpc) is 2.66. The quantitative estimate of drug-likeness (QED) is 0.798. The molecule has 0 aromatic carbocycles. The Morgan fingerprint density at radius 1 is 1.06 bits per heavy atom. The summed E-state index contributed by atoms with van der Waals surface area (Å²) in [4.78, 5) is 2.76. The van der Waals surface area contributed by atoms with Gasteiger partial charge >= 0.3 is 0 Å². The molecule has 1 saturated heterocycles. The highest BCUT2D eigenvalue weighted by Gasteiger charge is 2.31. The van der Waals surface area contributed by atoms with Crippen molar-refractivity contribution >= 4 is 0 Å². The highest BCUT2D eigenvalue weighted by Crippen LogP contribution is 2.31. The van der Waals surface area contributed by atoms with Gasteiger partial charge in [0.2, 0.25) is 0 Å². The predicted octanol–water partition coefficient (Wildman–Crippen LogP) is 2.63. The fourth-order valence-electron chi connectivity index (χ4n) is 3.70. The van der Waals surface area contributed by atoms with Crippen LogP contribution in [0.5, 0.6) is 0 Å². The number of hydrogen-bond acceptors (Lipinski definition) is 2. The molecule has 0 aromatic heterocycles. The topological polar surface area (TPSA) is 29.3 Å². The summed E-state index contributed by atoms with van der Waals surface area (Å²) >= 11 is 0. The molecule has 16 heavy (non-hydrogen) atoms. The fraction of sp³-hybridized carbons (Fsp3) is 1.00. The molecule has 0 bridgehead atoms. The lowest BCUT2D eigenvalue weighted by atomic mass is 9.98. The standard InChI is InChI=1S/C14H28N2/c1-2-12-5-4-9-16(10-8-12)14-7-3-6-13(14)11-15/h12-14H,2-11,15H2,1H3. The predicted molar refractivity (Wildman–Crippen MR) is 69.4 cm³/mol. The van der Waals surface area contributed by atoms with Gasteiger partial charge in [0.15, 0.2) is 0 Å². The van der Waals surface area contributed by atoms with Crippen LogP contribution in [0.2, 0.25) is 0 Å². The maximum Gasteiger partial charge on any atom is 0.0136 e. The summed E-state index contributed by atoms with van der Waals surface area (Å²) in [7, 11) is 0. The van der Waals surface area contributed by atoms with Gasteiger partial charge in [-0.15, -0.1) is 0 Å². The van der Waals surface area contributed by atoms with Gasteiger partial charge in [0, 0.05) is 6.04 Å². The van der Waals surface area contributed by atoms with Crippen molar-refractivity contribution in [1.82, 2.24) is 4.90 Å². The molecule has 0 spiro atoms. The van der Waals surface area contributed by atoms with Gasteiger partial charge in [0.25, 0.3) is 0 Å². The zero-order chi connectivity index (χ0) is 11.4. The molecule has 1 aliphatic carbocycles. The van der Waals surface area contributed by atoms with Gasteiger partial charge < -0.3 is 10.6 Å². The van der Waals surface area contributed by atoms with Gasteiger partial charge in [-0.2, -0.15) is 0 Å². The van der Waals surface area contributed by atoms with E-state index in [0.29, 0.717) is 0 Å². The molecule has 0 aromatic rings. The van der Waals surface area contributed by atoms with E-state index in [-0.39, 0.29) is 0 Å². The molecule has 0 amide bonds. The van der Waals surface area contributed by atoms with E-state index < -0.39 is 0 Å². The Bertz CT molecular complexity index is 205. The lowest BCUT2D eigenvalue weighted by molar-refractivity contribution is 0.166. The normalized spacial score (nSPS) is 37.5. The molecule has 3 unspecified atom stereocenters. The molecule has 2 N–H and O–H groups in total. The average molecular weight is 224 g/mol. The molecule has 1 heterocycles. The molecule has 2 rings (SSSR count). The van der Waals surface area contributed by atoms with Crippen LogP contribution in [-0.2, 0) is 0 Å². The van der Waals surface area contributed by atoms with Crippen molar-refractivity contribution in [3.8, 4) is 0 Å². The molecule has 94 valence electrons. The largest absolute Gasteiger partial charge is 0.330 e. The van der Waals surface area contributed by atoms with E-state index >= 15 is 0 Å². The van der Waals surface area contributed by atoms with E-state index in [1.165, 1.54) is 58.0 Å². The van der Waals surface area contributed by atoms with Crippen molar-refractivity contribution in [3.05, 3.63) is 0 Å². The Kier molecular flexibility index (Phi) is 4.66. The zero-order valence-electron chi connectivity index (χ0n) is 10.8. The lowest BCUT2D eigenvalue weighted by Gasteiger charge is -2.31. The smallest absolute Gasteiger partial charge is 0.0136 e.